The van der Waals surface area contributed by atoms with Crippen LogP contribution < -0.4 is 0 Å². The number of nitrogens with zero attached hydrogens (tertiary/aromatic N) is 1. The van der Waals surface area contributed by atoms with E-state index in [9.17, 15) is 4.91 Å². The van der Waals surface area contributed by atoms with Gasteiger partial charge in [-0.05, 0) is 0 Å². The van der Waals surface area contributed by atoms with E-state index in [0.29, 0.717) is 0 Å². The van der Waals surface area contributed by atoms with Gasteiger partial charge in [0.25, 0.3) is 0 Å². The molecule has 7 nitrogen and oxygen atoms in total. The van der Waals surface area contributed by atoms with Crippen molar-refractivity contribution in [2.45, 2.75) is 24.4 Å². The SMILES string of the molecule is O=NC([C@H](O)CO)[C@H](O)[C@@H](O)CO. The van der Waals surface area contributed by atoms with Crippen LogP contribution in [0.25, 0.3) is 0 Å². The van der Waals surface area contributed by atoms with Gasteiger partial charge in [-0.1, -0.05) is 5.18 Å². The molecule has 0 rings (SSSR count). The lowest BCUT2D eigenvalue weighted by Gasteiger charge is -2.22. The van der Waals surface area contributed by atoms with Gasteiger partial charge in [-0.15, -0.1) is 0 Å². The molecule has 0 amide bonds. The Labute approximate surface area is 74.2 Å². The van der Waals surface area contributed by atoms with Gasteiger partial charge in [0.15, 0.2) is 0 Å². The summed E-state index contributed by atoms with van der Waals surface area (Å²) < 4.78 is 0. The molecule has 0 aliphatic carbocycles. The van der Waals surface area contributed by atoms with Crippen LogP contribution in [0.15, 0.2) is 5.18 Å². The summed E-state index contributed by atoms with van der Waals surface area (Å²) in [5, 5.41) is 46.1. The van der Waals surface area contributed by atoms with Gasteiger partial charge in [-0.25, -0.2) is 0 Å². The molecule has 0 radical (unpaired) electrons. The van der Waals surface area contributed by atoms with Crippen molar-refractivity contribution < 1.29 is 25.5 Å². The van der Waals surface area contributed by atoms with Crippen LogP contribution in [-0.4, -0.2) is 63.1 Å². The van der Waals surface area contributed by atoms with Gasteiger partial charge < -0.3 is 25.5 Å². The Bertz CT molecular complexity index is 154. The maximum absolute atomic E-state index is 10.1. The van der Waals surface area contributed by atoms with Gasteiger partial charge in [-0.3, -0.25) is 0 Å². The average molecular weight is 195 g/mol. The topological polar surface area (TPSA) is 131 Å². The molecule has 0 aromatic carbocycles. The van der Waals surface area contributed by atoms with Crippen molar-refractivity contribution in [3.8, 4) is 0 Å². The smallest absolute Gasteiger partial charge is 0.148 e. The molecular formula is C6H13NO6. The van der Waals surface area contributed by atoms with Crippen molar-refractivity contribution in [3.05, 3.63) is 4.91 Å². The second-order valence-electron chi connectivity index (χ2n) is 2.59. The number of aliphatic hydroxyl groups is 5. The third-order valence-corrected chi connectivity index (χ3v) is 1.63. The van der Waals surface area contributed by atoms with Crippen LogP contribution in [0.5, 0.6) is 0 Å². The number of nitroso groups, excluding NO2 is 1. The molecule has 0 aliphatic rings. The van der Waals surface area contributed by atoms with E-state index >= 15 is 0 Å². The number of hydrogen-bond donors (Lipinski definition) is 5. The summed E-state index contributed by atoms with van der Waals surface area (Å²) in [6.45, 7) is -1.52. The van der Waals surface area contributed by atoms with Crippen molar-refractivity contribution in [2.24, 2.45) is 5.18 Å². The Balaban J connectivity index is 4.29. The van der Waals surface area contributed by atoms with Crippen molar-refractivity contribution in [3.63, 3.8) is 0 Å². The molecule has 0 fully saturated rings. The second-order valence-corrected chi connectivity index (χ2v) is 2.59. The largest absolute Gasteiger partial charge is 0.394 e. The fourth-order valence-electron chi connectivity index (χ4n) is 0.804. The van der Waals surface area contributed by atoms with Gasteiger partial charge in [0, 0.05) is 0 Å². The highest BCUT2D eigenvalue weighted by atomic mass is 16.4. The number of rotatable bonds is 6. The first-order chi connectivity index (χ1) is 6.08. The Morgan fingerprint density at radius 3 is 1.77 bits per heavy atom. The monoisotopic (exact) mass is 195 g/mol. The standard InChI is InChI=1S/C6H13NO6/c8-1-3(10)5(7-13)6(12)4(11)2-9/h3-6,8-12H,1-2H2/t3-,4+,5?,6-/m1/s1. The minimum absolute atomic E-state index is 0.758. The molecule has 0 aliphatic heterocycles. The predicted octanol–water partition coefficient (Wildman–Crippen LogP) is -2.81. The Kier molecular flexibility index (Phi) is 5.67. The van der Waals surface area contributed by atoms with Crippen LogP contribution in [0.3, 0.4) is 0 Å². The van der Waals surface area contributed by atoms with E-state index in [1.807, 2.05) is 0 Å². The van der Waals surface area contributed by atoms with E-state index in [2.05, 4.69) is 5.18 Å². The van der Waals surface area contributed by atoms with E-state index < -0.39 is 37.6 Å². The highest BCUT2D eigenvalue weighted by molar-refractivity contribution is 4.86. The van der Waals surface area contributed by atoms with Gasteiger partial charge in [0.2, 0.25) is 0 Å². The molecule has 13 heavy (non-hydrogen) atoms. The summed E-state index contributed by atoms with van der Waals surface area (Å²) in [5.74, 6) is 0. The van der Waals surface area contributed by atoms with Crippen LogP contribution in [0, 0.1) is 4.91 Å². The van der Waals surface area contributed by atoms with Gasteiger partial charge in [0.1, 0.15) is 24.4 Å². The van der Waals surface area contributed by atoms with Gasteiger partial charge in [-0.2, -0.15) is 4.91 Å². The first-order valence-corrected chi connectivity index (χ1v) is 3.66. The van der Waals surface area contributed by atoms with Crippen LogP contribution in [0.1, 0.15) is 0 Å². The maximum atomic E-state index is 10.1. The van der Waals surface area contributed by atoms with Gasteiger partial charge >= 0.3 is 0 Å². The molecule has 0 heterocycles. The molecule has 7 heteroatoms. The molecule has 78 valence electrons. The van der Waals surface area contributed by atoms with E-state index in [4.69, 9.17) is 25.5 Å². The Hall–Kier alpha value is -0.600. The molecular weight excluding hydrogens is 182 g/mol. The van der Waals surface area contributed by atoms with E-state index in [0.717, 1.165) is 0 Å². The zero-order chi connectivity index (χ0) is 10.4. The molecule has 0 saturated heterocycles. The quantitative estimate of drug-likeness (QED) is 0.291. The minimum atomic E-state index is -1.69. The molecule has 0 bridgehead atoms. The summed E-state index contributed by atoms with van der Waals surface area (Å²) in [6.07, 6.45) is -4.80. The highest BCUT2D eigenvalue weighted by Gasteiger charge is 2.32. The van der Waals surface area contributed by atoms with E-state index in [1.165, 1.54) is 0 Å². The second kappa shape index (κ2) is 5.95. The zero-order valence-electron chi connectivity index (χ0n) is 6.82. The van der Waals surface area contributed by atoms with E-state index in [1.54, 1.807) is 0 Å². The first-order valence-electron chi connectivity index (χ1n) is 3.66. The van der Waals surface area contributed by atoms with Crippen LogP contribution >= 0.6 is 0 Å². The first kappa shape index (κ1) is 12.4. The molecule has 0 spiro atoms. The van der Waals surface area contributed by atoms with Crippen molar-refractivity contribution in [2.75, 3.05) is 13.2 Å². The molecule has 5 N–H and O–H groups in total. The Morgan fingerprint density at radius 1 is 1.00 bits per heavy atom. The molecule has 1 unspecified atom stereocenters. The van der Waals surface area contributed by atoms with E-state index in [-0.39, 0.29) is 0 Å². The van der Waals surface area contributed by atoms with Crippen molar-refractivity contribution in [1.82, 2.24) is 0 Å². The van der Waals surface area contributed by atoms with Crippen molar-refractivity contribution >= 4 is 0 Å². The summed E-state index contributed by atoms with van der Waals surface area (Å²) in [5.41, 5.74) is 0. The highest BCUT2D eigenvalue weighted by Crippen LogP contribution is 2.08. The number of aliphatic hydroxyl groups excluding tert-OH is 5. The fraction of sp³-hybridized carbons (Fsp3) is 1.00. The lowest BCUT2D eigenvalue weighted by Crippen LogP contribution is -2.45. The van der Waals surface area contributed by atoms with Crippen LogP contribution in [-0.2, 0) is 0 Å². The molecule has 4 atom stereocenters. The summed E-state index contributed by atoms with van der Waals surface area (Å²) in [7, 11) is 0. The third kappa shape index (κ3) is 3.33. The fourth-order valence-corrected chi connectivity index (χ4v) is 0.804. The van der Waals surface area contributed by atoms with Crippen molar-refractivity contribution in [1.29, 1.82) is 0 Å². The van der Waals surface area contributed by atoms with Gasteiger partial charge in [0.05, 0.1) is 13.2 Å². The maximum Gasteiger partial charge on any atom is 0.148 e. The third-order valence-electron chi connectivity index (χ3n) is 1.63. The predicted molar refractivity (Wildman–Crippen MR) is 41.8 cm³/mol. The lowest BCUT2D eigenvalue weighted by molar-refractivity contribution is -0.0565. The van der Waals surface area contributed by atoms with Crippen LogP contribution in [0.4, 0.5) is 0 Å². The normalized spacial score (nSPS) is 20.4. The minimum Gasteiger partial charge on any atom is -0.394 e. The summed E-state index contributed by atoms with van der Waals surface area (Å²) in [6, 6.07) is -1.55. The molecule has 0 aromatic heterocycles. The summed E-state index contributed by atoms with van der Waals surface area (Å²) in [4.78, 5) is 10.1. The van der Waals surface area contributed by atoms with Crippen LogP contribution in [0.2, 0.25) is 0 Å². The molecule has 0 saturated carbocycles. The molecule has 0 aromatic rings. The Morgan fingerprint density at radius 2 is 1.46 bits per heavy atom. The average Bonchev–Trinajstić information content (AvgIpc) is 2.17. The lowest BCUT2D eigenvalue weighted by atomic mass is 10.0. The number of hydrogen-bond acceptors (Lipinski definition) is 7. The summed E-state index contributed by atoms with van der Waals surface area (Å²) >= 11 is 0. The zero-order valence-corrected chi connectivity index (χ0v) is 6.82.